The van der Waals surface area contributed by atoms with E-state index in [4.69, 9.17) is 26.1 Å². The van der Waals surface area contributed by atoms with Gasteiger partial charge < -0.3 is 14.4 Å². The molecule has 0 aliphatic carbocycles. The zero-order valence-corrected chi connectivity index (χ0v) is 18.4. The van der Waals surface area contributed by atoms with Gasteiger partial charge in [0.05, 0.1) is 12.2 Å². The lowest BCUT2D eigenvalue weighted by Gasteiger charge is -2.36. The van der Waals surface area contributed by atoms with Crippen LogP contribution in [0.1, 0.15) is 5.01 Å². The number of para-hydroxylation sites is 2. The Kier molecular flexibility index (Phi) is 5.80. The number of carbonyl (C=O) groups excluding carboxylic acids is 1. The third-order valence-electron chi connectivity index (χ3n) is 5.52. The summed E-state index contributed by atoms with van der Waals surface area (Å²) in [6.07, 6.45) is -0.581. The van der Waals surface area contributed by atoms with Gasteiger partial charge in [-0.3, -0.25) is 9.69 Å². The van der Waals surface area contributed by atoms with Crippen LogP contribution in [0.15, 0.2) is 53.9 Å². The van der Waals surface area contributed by atoms with Gasteiger partial charge in [-0.05, 0) is 24.3 Å². The number of aromatic nitrogens is 1. The zero-order chi connectivity index (χ0) is 21.2. The van der Waals surface area contributed by atoms with Gasteiger partial charge in [0.1, 0.15) is 11.6 Å². The first-order valence-electron chi connectivity index (χ1n) is 10.3. The number of ether oxygens (including phenoxy) is 2. The Bertz CT molecular complexity index is 1060. The lowest BCUT2D eigenvalue weighted by atomic mass is 10.2. The van der Waals surface area contributed by atoms with Gasteiger partial charge in [-0.15, -0.1) is 11.3 Å². The average molecular weight is 456 g/mol. The molecule has 1 unspecified atom stereocenters. The highest BCUT2D eigenvalue weighted by Gasteiger charge is 2.32. The summed E-state index contributed by atoms with van der Waals surface area (Å²) in [7, 11) is 0. The maximum absolute atomic E-state index is 12.9. The van der Waals surface area contributed by atoms with Gasteiger partial charge in [0.15, 0.2) is 11.5 Å². The number of carbonyl (C=O) groups is 1. The van der Waals surface area contributed by atoms with Crippen LogP contribution in [0.3, 0.4) is 0 Å². The minimum absolute atomic E-state index is 0.00609. The van der Waals surface area contributed by atoms with Crippen LogP contribution in [-0.4, -0.2) is 59.6 Å². The number of thiazole rings is 1. The highest BCUT2D eigenvalue weighted by Crippen LogP contribution is 2.31. The molecule has 1 aromatic heterocycles. The number of nitrogens with zero attached hydrogens (tertiary/aromatic N) is 3. The van der Waals surface area contributed by atoms with Gasteiger partial charge >= 0.3 is 0 Å². The van der Waals surface area contributed by atoms with Crippen molar-refractivity contribution in [3.8, 4) is 22.8 Å². The molecule has 160 valence electrons. The molecule has 1 saturated heterocycles. The second-order valence-electron chi connectivity index (χ2n) is 7.60. The minimum Gasteiger partial charge on any atom is -0.485 e. The standard InChI is InChI=1S/C23H22ClN3O3S/c24-17-7-5-16(6-8-17)18-15-31-22(25-18)13-26-9-11-27(12-10-26)23(28)21-14-29-19-3-1-2-4-20(19)30-21/h1-8,15,21H,9-14H2. The van der Waals surface area contributed by atoms with Crippen molar-refractivity contribution in [2.45, 2.75) is 12.6 Å². The second kappa shape index (κ2) is 8.86. The van der Waals surface area contributed by atoms with Crippen molar-refractivity contribution >= 4 is 28.8 Å². The molecule has 3 aromatic rings. The Morgan fingerprint density at radius 1 is 1.06 bits per heavy atom. The Balaban J connectivity index is 1.14. The van der Waals surface area contributed by atoms with E-state index in [9.17, 15) is 4.79 Å². The van der Waals surface area contributed by atoms with Crippen molar-refractivity contribution in [3.63, 3.8) is 0 Å². The molecule has 2 aliphatic rings. The Morgan fingerprint density at radius 2 is 1.81 bits per heavy atom. The summed E-state index contributed by atoms with van der Waals surface area (Å²) in [5, 5.41) is 3.88. The predicted octanol–water partition coefficient (Wildman–Crippen LogP) is 3.95. The number of amides is 1. The molecule has 2 aliphatic heterocycles. The first-order chi connectivity index (χ1) is 15.2. The zero-order valence-electron chi connectivity index (χ0n) is 16.9. The Labute approximate surface area is 190 Å². The predicted molar refractivity (Wildman–Crippen MR) is 121 cm³/mol. The largest absolute Gasteiger partial charge is 0.485 e. The number of halogens is 1. The molecule has 1 amide bonds. The molecule has 0 spiro atoms. The van der Waals surface area contributed by atoms with E-state index in [0.29, 0.717) is 24.6 Å². The van der Waals surface area contributed by atoms with Crippen LogP contribution < -0.4 is 9.47 Å². The molecule has 1 atom stereocenters. The summed E-state index contributed by atoms with van der Waals surface area (Å²) in [5.74, 6) is 1.32. The highest BCUT2D eigenvalue weighted by atomic mass is 35.5. The lowest BCUT2D eigenvalue weighted by molar-refractivity contribution is -0.143. The normalized spacial score (nSPS) is 18.7. The van der Waals surface area contributed by atoms with Gasteiger partial charge in [-0.1, -0.05) is 35.9 Å². The molecule has 0 radical (unpaired) electrons. The number of piperazine rings is 1. The van der Waals surface area contributed by atoms with Gasteiger partial charge in [0.2, 0.25) is 6.10 Å². The van der Waals surface area contributed by atoms with E-state index in [1.54, 1.807) is 11.3 Å². The fourth-order valence-electron chi connectivity index (χ4n) is 3.80. The summed E-state index contributed by atoms with van der Waals surface area (Å²) in [6.45, 7) is 4.02. The summed E-state index contributed by atoms with van der Waals surface area (Å²) in [6, 6.07) is 15.2. The van der Waals surface area contributed by atoms with Crippen LogP contribution in [0.2, 0.25) is 5.02 Å². The van der Waals surface area contributed by atoms with Crippen molar-refractivity contribution in [3.05, 3.63) is 63.9 Å². The fourth-order valence-corrected chi connectivity index (χ4v) is 4.77. The van der Waals surface area contributed by atoms with E-state index in [2.05, 4.69) is 10.3 Å². The van der Waals surface area contributed by atoms with Crippen LogP contribution in [0.25, 0.3) is 11.3 Å². The van der Waals surface area contributed by atoms with Gasteiger partial charge in [-0.2, -0.15) is 0 Å². The molecule has 31 heavy (non-hydrogen) atoms. The van der Waals surface area contributed by atoms with Gasteiger partial charge in [-0.25, -0.2) is 4.98 Å². The molecule has 6 nitrogen and oxygen atoms in total. The number of hydrogen-bond donors (Lipinski definition) is 0. The molecule has 1 fully saturated rings. The smallest absolute Gasteiger partial charge is 0.267 e. The van der Waals surface area contributed by atoms with Gasteiger partial charge in [0, 0.05) is 42.1 Å². The highest BCUT2D eigenvalue weighted by molar-refractivity contribution is 7.09. The summed E-state index contributed by atoms with van der Waals surface area (Å²) >= 11 is 7.63. The quantitative estimate of drug-likeness (QED) is 0.596. The summed E-state index contributed by atoms with van der Waals surface area (Å²) in [5.41, 5.74) is 2.04. The number of rotatable bonds is 4. The Hall–Kier alpha value is -2.61. The SMILES string of the molecule is O=C(C1COc2ccccc2O1)N1CCN(Cc2nc(-c3ccc(Cl)cc3)cs2)CC1. The molecular formula is C23H22ClN3O3S. The Morgan fingerprint density at radius 3 is 2.58 bits per heavy atom. The number of hydrogen-bond acceptors (Lipinski definition) is 6. The topological polar surface area (TPSA) is 54.9 Å². The van der Waals surface area contributed by atoms with Crippen LogP contribution in [-0.2, 0) is 11.3 Å². The monoisotopic (exact) mass is 455 g/mol. The van der Waals surface area contributed by atoms with Crippen LogP contribution >= 0.6 is 22.9 Å². The average Bonchev–Trinajstić information content (AvgIpc) is 3.27. The third-order valence-corrected chi connectivity index (χ3v) is 6.60. The van der Waals surface area contributed by atoms with Crippen molar-refractivity contribution in [2.75, 3.05) is 32.8 Å². The molecule has 0 bridgehead atoms. The second-order valence-corrected chi connectivity index (χ2v) is 8.98. The maximum Gasteiger partial charge on any atom is 0.267 e. The van der Waals surface area contributed by atoms with Gasteiger partial charge in [0.25, 0.3) is 5.91 Å². The van der Waals surface area contributed by atoms with Crippen LogP contribution in [0, 0.1) is 0 Å². The van der Waals surface area contributed by atoms with E-state index in [-0.39, 0.29) is 12.5 Å². The summed E-state index contributed by atoms with van der Waals surface area (Å²) < 4.78 is 11.6. The van der Waals surface area contributed by atoms with E-state index >= 15 is 0 Å². The number of benzene rings is 2. The first-order valence-corrected chi connectivity index (χ1v) is 11.5. The van der Waals surface area contributed by atoms with Crippen LogP contribution in [0.5, 0.6) is 11.5 Å². The maximum atomic E-state index is 12.9. The lowest BCUT2D eigenvalue weighted by Crippen LogP contribution is -2.53. The van der Waals surface area contributed by atoms with Crippen molar-refractivity contribution in [1.82, 2.24) is 14.8 Å². The van der Waals surface area contributed by atoms with Crippen molar-refractivity contribution in [2.24, 2.45) is 0 Å². The minimum atomic E-state index is -0.581. The molecule has 8 heteroatoms. The first kappa shape index (κ1) is 20.3. The van der Waals surface area contributed by atoms with Crippen LogP contribution in [0.4, 0.5) is 0 Å². The molecular weight excluding hydrogens is 434 g/mol. The van der Waals surface area contributed by atoms with E-state index in [1.807, 2.05) is 53.4 Å². The molecule has 3 heterocycles. The number of fused-ring (bicyclic) bond motifs is 1. The van der Waals surface area contributed by atoms with E-state index in [1.165, 1.54) is 0 Å². The molecule has 5 rings (SSSR count). The van der Waals surface area contributed by atoms with Crippen molar-refractivity contribution in [1.29, 1.82) is 0 Å². The van der Waals surface area contributed by atoms with E-state index < -0.39 is 6.10 Å². The fraction of sp³-hybridized carbons (Fsp3) is 0.304. The molecule has 0 saturated carbocycles. The van der Waals surface area contributed by atoms with Crippen molar-refractivity contribution < 1.29 is 14.3 Å². The molecule has 2 aromatic carbocycles. The third kappa shape index (κ3) is 4.54. The van der Waals surface area contributed by atoms with E-state index in [0.717, 1.165) is 40.9 Å². The molecule has 0 N–H and O–H groups in total. The summed E-state index contributed by atoms with van der Waals surface area (Å²) in [4.78, 5) is 21.9.